The van der Waals surface area contributed by atoms with Crippen molar-refractivity contribution in [1.82, 2.24) is 0 Å². The molecule has 0 saturated heterocycles. The lowest BCUT2D eigenvalue weighted by Gasteiger charge is -2.40. The second-order valence-electron chi connectivity index (χ2n) is 11.1. The Labute approximate surface area is 167 Å². The van der Waals surface area contributed by atoms with E-state index in [0.29, 0.717) is 6.61 Å². The van der Waals surface area contributed by atoms with Crippen LogP contribution in [0.2, 0.25) is 36.3 Å². The molecule has 0 aliphatic rings. The first-order valence-electron chi connectivity index (χ1n) is 9.49. The van der Waals surface area contributed by atoms with Gasteiger partial charge < -0.3 is 8.85 Å². The molecule has 0 N–H and O–H groups in total. The molecule has 26 heavy (non-hydrogen) atoms. The van der Waals surface area contributed by atoms with Gasteiger partial charge in [0.15, 0.2) is 16.6 Å². The van der Waals surface area contributed by atoms with Crippen LogP contribution in [-0.4, -0.2) is 44.5 Å². The van der Waals surface area contributed by atoms with Gasteiger partial charge >= 0.3 is 0 Å². The van der Waals surface area contributed by atoms with Crippen LogP contribution in [0.3, 0.4) is 0 Å². The maximum absolute atomic E-state index is 12.3. The smallest absolute Gasteiger partial charge is 0.193 e. The van der Waals surface area contributed by atoms with Crippen LogP contribution in [0.4, 0.5) is 0 Å². The molecule has 2 atom stereocenters. The van der Waals surface area contributed by atoms with Gasteiger partial charge in [-0.15, -0.1) is 0 Å². The van der Waals surface area contributed by atoms with Gasteiger partial charge in [-0.1, -0.05) is 41.5 Å². The Morgan fingerprint density at radius 3 is 1.65 bits per heavy atom. The lowest BCUT2D eigenvalue weighted by atomic mass is 10.2. The van der Waals surface area contributed by atoms with E-state index in [4.69, 9.17) is 8.85 Å². The molecule has 0 aromatic heterocycles. The molecule has 0 aromatic rings. The summed E-state index contributed by atoms with van der Waals surface area (Å²) in [6, 6.07) is 0. The Bertz CT molecular complexity index is 512. The molecule has 0 aliphatic heterocycles. The molecule has 0 radical (unpaired) electrons. The third-order valence-corrected chi connectivity index (χ3v) is 15.9. The molecule has 0 heterocycles. The molecule has 0 unspecified atom stereocenters. The standard InChI is InChI=1S/C19H43NO3SSi2/c1-17(2,3)24(21)20-14-16(23-26(12,13)19(7,8)9)15-22-25(10,11)18(4,5)6/h14,16H,15H2,1-13H3/t16-,24-/m0/s1. The monoisotopic (exact) mass is 421 g/mol. The lowest BCUT2D eigenvalue weighted by Crippen LogP contribution is -2.48. The molecule has 0 aromatic carbocycles. The SMILES string of the molecule is CC(C)(C)[S@](=O)N=C[C@@H](CO[Si](C)(C)C(C)(C)C)O[Si](C)(C)C(C)(C)C. The van der Waals surface area contributed by atoms with Crippen molar-refractivity contribution < 1.29 is 13.1 Å². The fraction of sp³-hybridized carbons (Fsp3) is 0.947. The maximum atomic E-state index is 12.3. The van der Waals surface area contributed by atoms with Gasteiger partial charge in [-0.3, -0.25) is 0 Å². The van der Waals surface area contributed by atoms with E-state index in [0.717, 1.165) is 0 Å². The van der Waals surface area contributed by atoms with E-state index in [1.807, 2.05) is 20.8 Å². The first kappa shape index (κ1) is 26.2. The van der Waals surface area contributed by atoms with Crippen LogP contribution in [0.15, 0.2) is 4.40 Å². The summed E-state index contributed by atoms with van der Waals surface area (Å²) in [5.41, 5.74) is 0. The largest absolute Gasteiger partial charge is 0.414 e. The van der Waals surface area contributed by atoms with Crippen LogP contribution in [0.1, 0.15) is 62.3 Å². The summed E-state index contributed by atoms with van der Waals surface area (Å²) in [7, 11) is -5.16. The molecule has 156 valence electrons. The predicted molar refractivity (Wildman–Crippen MR) is 122 cm³/mol. The van der Waals surface area contributed by atoms with E-state index < -0.39 is 27.6 Å². The highest BCUT2D eigenvalue weighted by molar-refractivity contribution is 7.85. The minimum atomic E-state index is -1.98. The predicted octanol–water partition coefficient (Wildman–Crippen LogP) is 5.93. The van der Waals surface area contributed by atoms with Crippen LogP contribution in [-0.2, 0) is 19.8 Å². The minimum absolute atomic E-state index is 0.0965. The highest BCUT2D eigenvalue weighted by Crippen LogP contribution is 2.39. The first-order chi connectivity index (χ1) is 11.2. The summed E-state index contributed by atoms with van der Waals surface area (Å²) >= 11 is 0. The highest BCUT2D eigenvalue weighted by Gasteiger charge is 2.41. The van der Waals surface area contributed by atoms with Crippen LogP contribution in [0.25, 0.3) is 0 Å². The van der Waals surface area contributed by atoms with Gasteiger partial charge in [0.05, 0.1) is 11.4 Å². The summed E-state index contributed by atoms with van der Waals surface area (Å²) < 4.78 is 29.2. The molecule has 4 nitrogen and oxygen atoms in total. The zero-order valence-electron chi connectivity index (χ0n) is 19.4. The quantitative estimate of drug-likeness (QED) is 0.378. The average molecular weight is 422 g/mol. The Balaban J connectivity index is 5.43. The van der Waals surface area contributed by atoms with E-state index in [-0.39, 0.29) is 20.9 Å². The zero-order chi connectivity index (χ0) is 21.2. The van der Waals surface area contributed by atoms with E-state index in [2.05, 4.69) is 72.1 Å². The summed E-state index contributed by atoms with van der Waals surface area (Å²) in [6.45, 7) is 28.5. The number of nitrogens with zero attached hydrogens (tertiary/aromatic N) is 1. The fourth-order valence-corrected chi connectivity index (χ4v) is 4.27. The van der Waals surface area contributed by atoms with E-state index in [1.54, 1.807) is 6.21 Å². The van der Waals surface area contributed by atoms with Crippen LogP contribution < -0.4 is 0 Å². The fourth-order valence-electron chi connectivity index (χ4n) is 1.45. The Hall–Kier alpha value is 0.174. The van der Waals surface area contributed by atoms with Crippen molar-refractivity contribution in [3.8, 4) is 0 Å². The van der Waals surface area contributed by atoms with Gasteiger partial charge in [0.1, 0.15) is 17.1 Å². The second kappa shape index (κ2) is 8.68. The average Bonchev–Trinajstić information content (AvgIpc) is 2.37. The number of hydrogen-bond donors (Lipinski definition) is 0. The highest BCUT2D eigenvalue weighted by atomic mass is 32.2. The van der Waals surface area contributed by atoms with E-state index >= 15 is 0 Å². The first-order valence-corrected chi connectivity index (χ1v) is 16.4. The molecule has 0 fully saturated rings. The maximum Gasteiger partial charge on any atom is 0.193 e. The molecule has 0 bridgehead atoms. The van der Waals surface area contributed by atoms with Crippen LogP contribution in [0, 0.1) is 0 Å². The van der Waals surface area contributed by atoms with Crippen molar-refractivity contribution in [2.24, 2.45) is 4.40 Å². The van der Waals surface area contributed by atoms with Crippen molar-refractivity contribution >= 4 is 33.8 Å². The minimum Gasteiger partial charge on any atom is -0.414 e. The molecule has 7 heteroatoms. The molecule has 0 amide bonds. The van der Waals surface area contributed by atoms with Gasteiger partial charge in [0, 0.05) is 6.21 Å². The van der Waals surface area contributed by atoms with Crippen molar-refractivity contribution in [3.05, 3.63) is 0 Å². The molecular formula is C19H43NO3SSi2. The summed E-state index contributed by atoms with van der Waals surface area (Å²) in [5.74, 6) is 0. The Morgan fingerprint density at radius 1 is 0.885 bits per heavy atom. The summed E-state index contributed by atoms with van der Waals surface area (Å²) in [4.78, 5) is 0. The van der Waals surface area contributed by atoms with E-state index in [9.17, 15) is 4.21 Å². The van der Waals surface area contributed by atoms with Gasteiger partial charge in [0.25, 0.3) is 0 Å². The zero-order valence-corrected chi connectivity index (χ0v) is 22.3. The van der Waals surface area contributed by atoms with Crippen molar-refractivity contribution in [2.75, 3.05) is 6.61 Å². The number of rotatable bonds is 7. The molecular weight excluding hydrogens is 378 g/mol. The lowest BCUT2D eigenvalue weighted by molar-refractivity contribution is 0.157. The Kier molecular flexibility index (Phi) is 8.74. The van der Waals surface area contributed by atoms with Crippen LogP contribution >= 0.6 is 0 Å². The third-order valence-electron chi connectivity index (χ3n) is 5.51. The molecule has 0 aliphatic carbocycles. The number of hydrogen-bond acceptors (Lipinski definition) is 3. The third kappa shape index (κ3) is 8.04. The van der Waals surface area contributed by atoms with Crippen molar-refractivity contribution in [3.63, 3.8) is 0 Å². The summed E-state index contributed by atoms with van der Waals surface area (Å²) in [5, 5.41) is 0.235. The van der Waals surface area contributed by atoms with Gasteiger partial charge in [0.2, 0.25) is 0 Å². The van der Waals surface area contributed by atoms with E-state index in [1.165, 1.54) is 0 Å². The molecule has 0 spiro atoms. The topological polar surface area (TPSA) is 47.9 Å². The Morgan fingerprint density at radius 2 is 1.31 bits per heavy atom. The summed E-state index contributed by atoms with van der Waals surface area (Å²) in [6.07, 6.45) is 1.45. The van der Waals surface area contributed by atoms with Gasteiger partial charge in [-0.2, -0.15) is 4.40 Å². The van der Waals surface area contributed by atoms with Gasteiger partial charge in [-0.25, -0.2) is 4.21 Å². The normalized spacial score (nSPS) is 17.6. The van der Waals surface area contributed by atoms with Gasteiger partial charge in [-0.05, 0) is 57.0 Å². The second-order valence-corrected chi connectivity index (χ2v) is 22.6. The molecule has 0 rings (SSSR count). The van der Waals surface area contributed by atoms with Crippen LogP contribution in [0.5, 0.6) is 0 Å². The van der Waals surface area contributed by atoms with Crippen molar-refractivity contribution in [1.29, 1.82) is 0 Å². The van der Waals surface area contributed by atoms with Crippen molar-refractivity contribution in [2.45, 2.75) is 109 Å². The molecule has 0 saturated carbocycles.